The van der Waals surface area contributed by atoms with Crippen molar-refractivity contribution in [1.29, 1.82) is 0 Å². The molecule has 5 heteroatoms. The Bertz CT molecular complexity index is 756. The van der Waals surface area contributed by atoms with E-state index in [-0.39, 0.29) is 5.24 Å². The fourth-order valence-corrected chi connectivity index (χ4v) is 2.73. The Labute approximate surface area is 154 Å². The van der Waals surface area contributed by atoms with Gasteiger partial charge in [0.05, 0.1) is 19.8 Å². The summed E-state index contributed by atoms with van der Waals surface area (Å²) in [5, 5.41) is 0.0498. The number of methoxy groups -OCH3 is 2. The van der Waals surface area contributed by atoms with Crippen molar-refractivity contribution < 1.29 is 18.9 Å². The molecule has 0 atom stereocenters. The van der Waals surface area contributed by atoms with E-state index >= 15 is 0 Å². The van der Waals surface area contributed by atoms with Crippen LogP contribution in [0.15, 0.2) is 30.3 Å². The molecule has 2 rings (SSSR count). The van der Waals surface area contributed by atoms with Crippen LogP contribution in [0.4, 0.5) is 0 Å². The maximum absolute atomic E-state index is 6.06. The summed E-state index contributed by atoms with van der Waals surface area (Å²) in [6.07, 6.45) is 1.01. The lowest BCUT2D eigenvalue weighted by molar-refractivity contribution is 0.280. The van der Waals surface area contributed by atoms with E-state index < -0.39 is 0 Å². The van der Waals surface area contributed by atoms with Crippen molar-refractivity contribution in [3.8, 4) is 17.2 Å². The molecule has 0 amide bonds. The predicted octanol–water partition coefficient (Wildman–Crippen LogP) is 4.76. The molecular weight excluding hydrogens is 336 g/mol. The van der Waals surface area contributed by atoms with Crippen molar-refractivity contribution >= 4 is 17.5 Å². The zero-order chi connectivity index (χ0) is 18.4. The molecule has 0 saturated heterocycles. The minimum Gasteiger partial charge on any atom is -0.496 e. The Balaban J connectivity index is 2.28. The first kappa shape index (κ1) is 19.1. The van der Waals surface area contributed by atoms with Crippen molar-refractivity contribution in [3.05, 3.63) is 52.6 Å². The Kier molecular flexibility index (Phi) is 6.65. The van der Waals surface area contributed by atoms with Gasteiger partial charge in [-0.25, -0.2) is 0 Å². The minimum atomic E-state index is 0.0498. The number of benzene rings is 2. The summed E-state index contributed by atoms with van der Waals surface area (Å²) in [5.41, 5.74) is 4.44. The van der Waals surface area contributed by atoms with Gasteiger partial charge < -0.3 is 18.9 Å². The molecule has 0 aliphatic carbocycles. The highest BCUT2D eigenvalue weighted by Crippen LogP contribution is 2.31. The van der Waals surface area contributed by atoms with E-state index in [1.54, 1.807) is 7.11 Å². The standard InChI is InChI=1S/C20H24O4S/c1-6-15-10-14(3)19(11-13(15)2)23-12-16-17(21-4)8-7-9-18(16)24-20(25)22-5/h7-11H,6,12H2,1-5H3. The lowest BCUT2D eigenvalue weighted by Crippen LogP contribution is -2.10. The van der Waals surface area contributed by atoms with Gasteiger partial charge in [0.1, 0.15) is 23.9 Å². The number of hydrogen-bond acceptors (Lipinski definition) is 5. The van der Waals surface area contributed by atoms with Gasteiger partial charge in [-0.2, -0.15) is 0 Å². The molecule has 0 aliphatic rings. The first-order valence-corrected chi connectivity index (χ1v) is 8.55. The maximum atomic E-state index is 6.06. The van der Waals surface area contributed by atoms with E-state index in [0.29, 0.717) is 18.1 Å². The lowest BCUT2D eigenvalue weighted by Gasteiger charge is -2.17. The van der Waals surface area contributed by atoms with Crippen molar-refractivity contribution in [1.82, 2.24) is 0 Å². The van der Waals surface area contributed by atoms with Crippen LogP contribution >= 0.6 is 12.2 Å². The number of aryl methyl sites for hydroxylation is 3. The molecule has 0 heterocycles. The van der Waals surface area contributed by atoms with Gasteiger partial charge in [-0.1, -0.05) is 19.1 Å². The van der Waals surface area contributed by atoms with E-state index in [2.05, 4.69) is 26.0 Å². The van der Waals surface area contributed by atoms with Crippen LogP contribution < -0.4 is 14.2 Å². The van der Waals surface area contributed by atoms with E-state index in [9.17, 15) is 0 Å². The summed E-state index contributed by atoms with van der Waals surface area (Å²) < 4.78 is 22.0. The molecule has 0 aromatic heterocycles. The SMILES string of the molecule is CCc1cc(C)c(OCc2c(OC)cccc2OC(=S)OC)cc1C. The first-order chi connectivity index (χ1) is 12.0. The van der Waals surface area contributed by atoms with Crippen molar-refractivity contribution in [3.63, 3.8) is 0 Å². The van der Waals surface area contributed by atoms with E-state index in [1.807, 2.05) is 25.1 Å². The lowest BCUT2D eigenvalue weighted by atomic mass is 10.0. The molecule has 0 bridgehead atoms. The summed E-state index contributed by atoms with van der Waals surface area (Å²) in [4.78, 5) is 0. The Morgan fingerprint density at radius 2 is 1.72 bits per heavy atom. The average molecular weight is 360 g/mol. The molecule has 134 valence electrons. The Morgan fingerprint density at radius 3 is 2.36 bits per heavy atom. The van der Waals surface area contributed by atoms with Crippen LogP contribution in [0.1, 0.15) is 29.2 Å². The third-order valence-corrected chi connectivity index (χ3v) is 4.31. The number of hydrogen-bond donors (Lipinski definition) is 0. The van der Waals surface area contributed by atoms with Crippen molar-refractivity contribution in [2.24, 2.45) is 0 Å². The summed E-state index contributed by atoms with van der Waals surface area (Å²) in [5.74, 6) is 2.09. The van der Waals surface area contributed by atoms with Gasteiger partial charge in [-0.3, -0.25) is 0 Å². The van der Waals surface area contributed by atoms with Gasteiger partial charge in [-0.05, 0) is 55.2 Å². The number of rotatable bonds is 6. The fraction of sp³-hybridized carbons (Fsp3) is 0.350. The third kappa shape index (κ3) is 4.63. The van der Waals surface area contributed by atoms with Crippen LogP contribution in [0.3, 0.4) is 0 Å². The topological polar surface area (TPSA) is 36.9 Å². The molecule has 0 radical (unpaired) electrons. The zero-order valence-corrected chi connectivity index (χ0v) is 16.2. The molecule has 4 nitrogen and oxygen atoms in total. The van der Waals surface area contributed by atoms with E-state index in [4.69, 9.17) is 31.2 Å². The smallest absolute Gasteiger partial charge is 0.357 e. The zero-order valence-electron chi connectivity index (χ0n) is 15.3. The summed E-state index contributed by atoms with van der Waals surface area (Å²) in [6, 6.07) is 9.75. The summed E-state index contributed by atoms with van der Waals surface area (Å²) in [6.45, 7) is 6.60. The van der Waals surface area contributed by atoms with Crippen LogP contribution in [0.25, 0.3) is 0 Å². The van der Waals surface area contributed by atoms with Gasteiger partial charge in [0.2, 0.25) is 0 Å². The van der Waals surface area contributed by atoms with Crippen LogP contribution in [-0.4, -0.2) is 19.5 Å². The Hall–Kier alpha value is -2.27. The monoisotopic (exact) mass is 360 g/mol. The van der Waals surface area contributed by atoms with Gasteiger partial charge in [0, 0.05) is 12.2 Å². The third-order valence-electron chi connectivity index (χ3n) is 4.06. The average Bonchev–Trinajstić information content (AvgIpc) is 2.62. The molecule has 0 N–H and O–H groups in total. The molecule has 0 aliphatic heterocycles. The molecule has 0 saturated carbocycles. The quantitative estimate of drug-likeness (QED) is 0.694. The molecule has 2 aromatic rings. The van der Waals surface area contributed by atoms with Crippen molar-refractivity contribution in [2.45, 2.75) is 33.8 Å². The fourth-order valence-electron chi connectivity index (χ4n) is 2.64. The minimum absolute atomic E-state index is 0.0498. The van der Waals surface area contributed by atoms with Gasteiger partial charge in [0.15, 0.2) is 0 Å². The molecule has 25 heavy (non-hydrogen) atoms. The number of ether oxygens (including phenoxy) is 4. The van der Waals surface area contributed by atoms with Crippen LogP contribution in [0.5, 0.6) is 17.2 Å². The van der Waals surface area contributed by atoms with Gasteiger partial charge in [0.25, 0.3) is 0 Å². The number of thiocarbonyl (C=S) groups is 1. The van der Waals surface area contributed by atoms with Crippen LogP contribution in [0, 0.1) is 13.8 Å². The van der Waals surface area contributed by atoms with Gasteiger partial charge in [-0.15, -0.1) is 0 Å². The second-order valence-corrected chi connectivity index (χ2v) is 6.01. The highest BCUT2D eigenvalue weighted by molar-refractivity contribution is 7.79. The highest BCUT2D eigenvalue weighted by atomic mass is 32.1. The molecule has 0 spiro atoms. The second kappa shape index (κ2) is 8.72. The van der Waals surface area contributed by atoms with Gasteiger partial charge >= 0.3 is 5.24 Å². The Morgan fingerprint density at radius 1 is 1.00 bits per heavy atom. The molecule has 0 fully saturated rings. The molecule has 0 unspecified atom stereocenters. The van der Waals surface area contributed by atoms with E-state index in [0.717, 1.165) is 23.3 Å². The van der Waals surface area contributed by atoms with Crippen LogP contribution in [0.2, 0.25) is 0 Å². The largest absolute Gasteiger partial charge is 0.496 e. The van der Waals surface area contributed by atoms with Crippen molar-refractivity contribution in [2.75, 3.05) is 14.2 Å². The molecule has 2 aromatic carbocycles. The predicted molar refractivity (Wildman–Crippen MR) is 103 cm³/mol. The summed E-state index contributed by atoms with van der Waals surface area (Å²) in [7, 11) is 3.09. The van der Waals surface area contributed by atoms with Crippen LogP contribution in [-0.2, 0) is 17.8 Å². The maximum Gasteiger partial charge on any atom is 0.357 e. The highest BCUT2D eigenvalue weighted by Gasteiger charge is 2.14. The van der Waals surface area contributed by atoms with E-state index in [1.165, 1.54) is 18.2 Å². The molecular formula is C20H24O4S. The normalized spacial score (nSPS) is 10.3. The summed E-state index contributed by atoms with van der Waals surface area (Å²) >= 11 is 4.99. The first-order valence-electron chi connectivity index (χ1n) is 8.14. The second-order valence-electron chi connectivity index (χ2n) is 5.68.